The van der Waals surface area contributed by atoms with E-state index in [2.05, 4.69) is 0 Å². The summed E-state index contributed by atoms with van der Waals surface area (Å²) in [6.07, 6.45) is 0.188. The molecule has 0 atom stereocenters. The maximum Gasteiger partial charge on any atom is 0.130 e. The van der Waals surface area contributed by atoms with Crippen LogP contribution in [0.25, 0.3) is 0 Å². The van der Waals surface area contributed by atoms with Gasteiger partial charge >= 0.3 is 0 Å². The molecule has 0 unspecified atom stereocenters. The van der Waals surface area contributed by atoms with Gasteiger partial charge in [-0.25, -0.2) is 0 Å². The Morgan fingerprint density at radius 1 is 0.833 bits per heavy atom. The first-order valence-electron chi connectivity index (χ1n) is 6.15. The van der Waals surface area contributed by atoms with Gasteiger partial charge in [0.25, 0.3) is 0 Å². The summed E-state index contributed by atoms with van der Waals surface area (Å²) in [6.45, 7) is 6.06. The fraction of sp³-hybridized carbons (Fsp3) is 0.250. The summed E-state index contributed by atoms with van der Waals surface area (Å²) in [5.74, 6) is 2.57. The van der Waals surface area contributed by atoms with Crippen molar-refractivity contribution in [2.45, 2.75) is 26.9 Å². The minimum Gasteiger partial charge on any atom is -0.491 e. The summed E-state index contributed by atoms with van der Waals surface area (Å²) >= 11 is 0. The Morgan fingerprint density at radius 2 is 1.44 bits per heavy atom. The van der Waals surface area contributed by atoms with Crippen molar-refractivity contribution >= 4 is 0 Å². The van der Waals surface area contributed by atoms with Crippen LogP contribution in [0.15, 0.2) is 48.5 Å². The van der Waals surface area contributed by atoms with E-state index in [1.165, 1.54) is 0 Å². The second-order valence-corrected chi connectivity index (χ2v) is 4.51. The fourth-order valence-corrected chi connectivity index (χ4v) is 1.66. The van der Waals surface area contributed by atoms with Crippen molar-refractivity contribution in [2.24, 2.45) is 0 Å². The highest BCUT2D eigenvalue weighted by Crippen LogP contribution is 2.26. The Labute approximate surface area is 108 Å². The predicted octanol–water partition coefficient (Wildman–Crippen LogP) is 4.57. The molecular formula is C16H18O2. The molecule has 2 heteroatoms. The van der Waals surface area contributed by atoms with Crippen molar-refractivity contribution in [3.05, 3.63) is 54.1 Å². The second-order valence-electron chi connectivity index (χ2n) is 4.51. The largest absolute Gasteiger partial charge is 0.491 e. The number of benzene rings is 2. The Morgan fingerprint density at radius 3 is 2.06 bits per heavy atom. The molecule has 0 aliphatic heterocycles. The van der Waals surface area contributed by atoms with E-state index in [-0.39, 0.29) is 6.10 Å². The third-order valence-corrected chi connectivity index (χ3v) is 2.52. The predicted molar refractivity (Wildman–Crippen MR) is 73.5 cm³/mol. The van der Waals surface area contributed by atoms with Gasteiger partial charge in [-0.15, -0.1) is 0 Å². The van der Waals surface area contributed by atoms with E-state index in [0.717, 1.165) is 22.8 Å². The van der Waals surface area contributed by atoms with Crippen LogP contribution in [0.5, 0.6) is 17.2 Å². The van der Waals surface area contributed by atoms with Crippen LogP contribution in [0, 0.1) is 6.92 Å². The number of hydrogen-bond acceptors (Lipinski definition) is 2. The highest BCUT2D eigenvalue weighted by atomic mass is 16.5. The van der Waals surface area contributed by atoms with E-state index in [4.69, 9.17) is 9.47 Å². The maximum atomic E-state index is 5.81. The molecule has 0 spiro atoms. The number of para-hydroxylation sites is 1. The zero-order valence-corrected chi connectivity index (χ0v) is 11.0. The first kappa shape index (κ1) is 12.5. The minimum absolute atomic E-state index is 0.188. The molecule has 0 saturated heterocycles. The molecule has 0 aliphatic rings. The summed E-state index contributed by atoms with van der Waals surface area (Å²) < 4.78 is 11.4. The van der Waals surface area contributed by atoms with Crippen molar-refractivity contribution in [2.75, 3.05) is 0 Å². The molecule has 2 nitrogen and oxygen atoms in total. The Kier molecular flexibility index (Phi) is 3.88. The molecule has 0 aromatic heterocycles. The van der Waals surface area contributed by atoms with Crippen LogP contribution in [0.2, 0.25) is 0 Å². The summed E-state index contributed by atoms with van der Waals surface area (Å²) in [6, 6.07) is 15.7. The van der Waals surface area contributed by atoms with Crippen molar-refractivity contribution < 1.29 is 9.47 Å². The highest BCUT2D eigenvalue weighted by molar-refractivity contribution is 5.38. The van der Waals surface area contributed by atoms with Crippen LogP contribution in [-0.2, 0) is 0 Å². The van der Waals surface area contributed by atoms with Crippen LogP contribution in [0.3, 0.4) is 0 Å². The van der Waals surface area contributed by atoms with Gasteiger partial charge in [0.05, 0.1) is 6.10 Å². The maximum absolute atomic E-state index is 5.81. The topological polar surface area (TPSA) is 18.5 Å². The fourth-order valence-electron chi connectivity index (χ4n) is 1.66. The first-order valence-corrected chi connectivity index (χ1v) is 6.15. The standard InChI is InChI=1S/C16H18O2/c1-12(2)17-14-8-10-15(11-9-14)18-16-7-5-4-6-13(16)3/h4-12H,1-3H3. The number of aryl methyl sites for hydroxylation is 1. The smallest absolute Gasteiger partial charge is 0.130 e. The lowest BCUT2D eigenvalue weighted by Gasteiger charge is -2.11. The van der Waals surface area contributed by atoms with E-state index < -0.39 is 0 Å². The molecule has 0 bridgehead atoms. The van der Waals surface area contributed by atoms with Crippen molar-refractivity contribution in [1.82, 2.24) is 0 Å². The minimum atomic E-state index is 0.188. The molecule has 0 saturated carbocycles. The van der Waals surface area contributed by atoms with Gasteiger partial charge in [-0.2, -0.15) is 0 Å². The Bertz CT molecular complexity index is 501. The third-order valence-electron chi connectivity index (χ3n) is 2.52. The number of hydrogen-bond donors (Lipinski definition) is 0. The van der Waals surface area contributed by atoms with E-state index in [0.29, 0.717) is 0 Å². The lowest BCUT2D eigenvalue weighted by molar-refractivity contribution is 0.242. The van der Waals surface area contributed by atoms with Gasteiger partial charge in [-0.3, -0.25) is 0 Å². The van der Waals surface area contributed by atoms with Crippen LogP contribution in [0.4, 0.5) is 0 Å². The molecule has 0 N–H and O–H groups in total. The lowest BCUT2D eigenvalue weighted by Crippen LogP contribution is -2.05. The van der Waals surface area contributed by atoms with Gasteiger partial charge in [0.15, 0.2) is 0 Å². The molecule has 0 amide bonds. The van der Waals surface area contributed by atoms with E-state index in [1.54, 1.807) is 0 Å². The van der Waals surface area contributed by atoms with Crippen LogP contribution >= 0.6 is 0 Å². The third kappa shape index (κ3) is 3.27. The number of rotatable bonds is 4. The van der Waals surface area contributed by atoms with Crippen LogP contribution in [0.1, 0.15) is 19.4 Å². The monoisotopic (exact) mass is 242 g/mol. The molecule has 0 aliphatic carbocycles. The normalized spacial score (nSPS) is 10.4. The zero-order valence-electron chi connectivity index (χ0n) is 11.0. The van der Waals surface area contributed by atoms with Gasteiger partial charge < -0.3 is 9.47 Å². The SMILES string of the molecule is Cc1ccccc1Oc1ccc(OC(C)C)cc1. The van der Waals surface area contributed by atoms with Gasteiger partial charge in [-0.05, 0) is 56.7 Å². The summed E-state index contributed by atoms with van der Waals surface area (Å²) in [5, 5.41) is 0. The second kappa shape index (κ2) is 5.58. The first-order chi connectivity index (χ1) is 8.65. The lowest BCUT2D eigenvalue weighted by atomic mass is 10.2. The molecule has 94 valence electrons. The summed E-state index contributed by atoms with van der Waals surface area (Å²) in [5.41, 5.74) is 1.13. The highest BCUT2D eigenvalue weighted by Gasteiger charge is 2.01. The molecule has 0 heterocycles. The average Bonchev–Trinajstić information content (AvgIpc) is 2.34. The quantitative estimate of drug-likeness (QED) is 0.781. The number of ether oxygens (including phenoxy) is 2. The van der Waals surface area contributed by atoms with Gasteiger partial charge in [0.2, 0.25) is 0 Å². The summed E-state index contributed by atoms with van der Waals surface area (Å²) in [4.78, 5) is 0. The van der Waals surface area contributed by atoms with E-state index in [9.17, 15) is 0 Å². The van der Waals surface area contributed by atoms with Crippen molar-refractivity contribution in [3.8, 4) is 17.2 Å². The van der Waals surface area contributed by atoms with Crippen molar-refractivity contribution in [3.63, 3.8) is 0 Å². The van der Waals surface area contributed by atoms with Crippen LogP contribution in [-0.4, -0.2) is 6.10 Å². The average molecular weight is 242 g/mol. The van der Waals surface area contributed by atoms with E-state index in [1.807, 2.05) is 69.3 Å². The molecule has 2 aromatic carbocycles. The Hall–Kier alpha value is -1.96. The molecule has 18 heavy (non-hydrogen) atoms. The Balaban J connectivity index is 2.09. The van der Waals surface area contributed by atoms with Gasteiger partial charge in [0.1, 0.15) is 17.2 Å². The zero-order chi connectivity index (χ0) is 13.0. The molecule has 0 radical (unpaired) electrons. The summed E-state index contributed by atoms with van der Waals surface area (Å²) in [7, 11) is 0. The van der Waals surface area contributed by atoms with Crippen LogP contribution < -0.4 is 9.47 Å². The van der Waals surface area contributed by atoms with Crippen molar-refractivity contribution in [1.29, 1.82) is 0 Å². The molecular weight excluding hydrogens is 224 g/mol. The van der Waals surface area contributed by atoms with Gasteiger partial charge in [0, 0.05) is 0 Å². The molecule has 0 fully saturated rings. The van der Waals surface area contributed by atoms with E-state index >= 15 is 0 Å². The molecule has 2 rings (SSSR count). The van der Waals surface area contributed by atoms with Gasteiger partial charge in [-0.1, -0.05) is 18.2 Å². The molecule has 2 aromatic rings.